The van der Waals surface area contributed by atoms with Gasteiger partial charge in [0.1, 0.15) is 0 Å². The average molecular weight is 277 g/mol. The highest BCUT2D eigenvalue weighted by molar-refractivity contribution is 5.75. The molecule has 0 aliphatic heterocycles. The lowest BCUT2D eigenvalue weighted by Gasteiger charge is -2.16. The van der Waals surface area contributed by atoms with Crippen LogP contribution in [-0.4, -0.2) is 42.5 Å². The highest BCUT2D eigenvalue weighted by Crippen LogP contribution is 1.99. The molecule has 0 spiro atoms. The molecule has 1 amide bonds. The summed E-state index contributed by atoms with van der Waals surface area (Å²) in [4.78, 5) is 17.8. The molecule has 0 radical (unpaired) electrons. The van der Waals surface area contributed by atoms with Crippen molar-refractivity contribution in [1.29, 1.82) is 0 Å². The number of nitrogens with zero attached hydrogens (tertiary/aromatic N) is 2. The maximum atomic E-state index is 11.6. The molecule has 20 heavy (non-hydrogen) atoms. The first-order valence-corrected chi connectivity index (χ1v) is 7.56. The Morgan fingerprint density at radius 3 is 2.70 bits per heavy atom. The van der Waals surface area contributed by atoms with Gasteiger partial charge in [0.2, 0.25) is 5.91 Å². The van der Waals surface area contributed by atoms with E-state index in [-0.39, 0.29) is 5.91 Å². The number of hydrogen-bond donors (Lipinski definition) is 1. The molecule has 0 aliphatic rings. The van der Waals surface area contributed by atoms with E-state index in [4.69, 9.17) is 0 Å². The number of amides is 1. The lowest BCUT2D eigenvalue weighted by Crippen LogP contribution is -2.30. The third kappa shape index (κ3) is 7.89. The summed E-state index contributed by atoms with van der Waals surface area (Å²) in [7, 11) is 2.06. The Kier molecular flexibility index (Phi) is 8.63. The molecule has 0 unspecified atom stereocenters. The van der Waals surface area contributed by atoms with Gasteiger partial charge in [0, 0.05) is 38.4 Å². The maximum absolute atomic E-state index is 11.6. The first kappa shape index (κ1) is 16.6. The molecule has 1 heterocycles. The van der Waals surface area contributed by atoms with E-state index in [9.17, 15) is 4.79 Å². The fourth-order valence-corrected chi connectivity index (χ4v) is 1.96. The zero-order chi connectivity index (χ0) is 14.6. The predicted octanol–water partition coefficient (Wildman–Crippen LogP) is 2.25. The molecular weight excluding hydrogens is 250 g/mol. The summed E-state index contributed by atoms with van der Waals surface area (Å²) in [5, 5.41) is 2.97. The number of pyridine rings is 1. The number of hydrogen-bond acceptors (Lipinski definition) is 3. The molecule has 4 nitrogen and oxygen atoms in total. The van der Waals surface area contributed by atoms with Crippen LogP contribution >= 0.6 is 0 Å². The molecule has 0 aromatic carbocycles. The minimum Gasteiger partial charge on any atom is -0.356 e. The summed E-state index contributed by atoms with van der Waals surface area (Å²) in [6.07, 6.45) is 8.67. The minimum atomic E-state index is 0.164. The predicted molar refractivity (Wildman–Crippen MR) is 82.6 cm³/mol. The number of carbonyl (C=O) groups excluding carboxylic acids is 1. The third-order valence-corrected chi connectivity index (χ3v) is 3.35. The van der Waals surface area contributed by atoms with Crippen LogP contribution in [0.1, 0.15) is 38.2 Å². The van der Waals surface area contributed by atoms with Gasteiger partial charge >= 0.3 is 0 Å². The quantitative estimate of drug-likeness (QED) is 0.667. The summed E-state index contributed by atoms with van der Waals surface area (Å²) >= 11 is 0. The summed E-state index contributed by atoms with van der Waals surface area (Å²) in [5.41, 5.74) is 1.29. The van der Waals surface area contributed by atoms with Crippen molar-refractivity contribution in [3.05, 3.63) is 30.1 Å². The van der Waals surface area contributed by atoms with E-state index in [0.29, 0.717) is 6.42 Å². The highest BCUT2D eigenvalue weighted by atomic mass is 16.1. The van der Waals surface area contributed by atoms with E-state index in [1.807, 2.05) is 24.5 Å². The zero-order valence-corrected chi connectivity index (χ0v) is 12.8. The molecule has 4 heteroatoms. The van der Waals surface area contributed by atoms with Gasteiger partial charge in [-0.2, -0.15) is 0 Å². The first-order valence-electron chi connectivity index (χ1n) is 7.56. The van der Waals surface area contributed by atoms with E-state index in [1.165, 1.54) is 18.4 Å². The van der Waals surface area contributed by atoms with Crippen molar-refractivity contribution in [2.75, 3.05) is 26.7 Å². The smallest absolute Gasteiger partial charge is 0.221 e. The van der Waals surface area contributed by atoms with Crippen LogP contribution in [0.2, 0.25) is 0 Å². The van der Waals surface area contributed by atoms with Gasteiger partial charge < -0.3 is 10.2 Å². The normalized spacial score (nSPS) is 10.8. The number of likely N-dealkylation sites (N-methyl/N-ethyl adjacent to an activating group) is 1. The largest absolute Gasteiger partial charge is 0.356 e. The standard InChI is InChI=1S/C16H27N3O/c1-3-4-5-10-18-16(20)9-14-19(2)13-8-15-6-11-17-12-7-15/h6-7,11-12H,3-5,8-10,13-14H2,1-2H3,(H,18,20). The summed E-state index contributed by atoms with van der Waals surface area (Å²) < 4.78 is 0. The summed E-state index contributed by atoms with van der Waals surface area (Å²) in [6.45, 7) is 4.75. The molecule has 0 bridgehead atoms. The monoisotopic (exact) mass is 277 g/mol. The molecule has 1 rings (SSSR count). The van der Waals surface area contributed by atoms with Crippen molar-refractivity contribution < 1.29 is 4.79 Å². The van der Waals surface area contributed by atoms with Crippen molar-refractivity contribution >= 4 is 5.91 Å². The Hall–Kier alpha value is -1.42. The molecule has 0 saturated heterocycles. The molecular formula is C16H27N3O. The Labute approximate surface area is 122 Å². The van der Waals surface area contributed by atoms with E-state index in [1.54, 1.807) is 0 Å². The Balaban J connectivity index is 2.07. The van der Waals surface area contributed by atoms with Gasteiger partial charge in [-0.1, -0.05) is 19.8 Å². The number of carbonyl (C=O) groups is 1. The number of unbranched alkanes of at least 4 members (excludes halogenated alkanes) is 2. The van der Waals surface area contributed by atoms with Crippen molar-refractivity contribution in [3.63, 3.8) is 0 Å². The van der Waals surface area contributed by atoms with E-state index in [2.05, 4.69) is 29.2 Å². The lowest BCUT2D eigenvalue weighted by atomic mass is 10.2. The van der Waals surface area contributed by atoms with Crippen LogP contribution < -0.4 is 5.32 Å². The van der Waals surface area contributed by atoms with Crippen molar-refractivity contribution in [2.45, 2.75) is 39.0 Å². The van der Waals surface area contributed by atoms with Gasteiger partial charge in [-0.25, -0.2) is 0 Å². The minimum absolute atomic E-state index is 0.164. The van der Waals surface area contributed by atoms with Crippen LogP contribution in [0, 0.1) is 0 Å². The number of aromatic nitrogens is 1. The number of nitrogens with one attached hydrogen (secondary N) is 1. The van der Waals surface area contributed by atoms with E-state index in [0.717, 1.165) is 32.5 Å². The third-order valence-electron chi connectivity index (χ3n) is 3.35. The van der Waals surface area contributed by atoms with Crippen molar-refractivity contribution in [3.8, 4) is 0 Å². The maximum Gasteiger partial charge on any atom is 0.221 e. The van der Waals surface area contributed by atoms with E-state index < -0.39 is 0 Å². The second kappa shape index (κ2) is 10.4. The summed E-state index contributed by atoms with van der Waals surface area (Å²) in [6, 6.07) is 4.07. The average Bonchev–Trinajstić information content (AvgIpc) is 2.48. The molecule has 112 valence electrons. The van der Waals surface area contributed by atoms with Crippen LogP contribution in [0.25, 0.3) is 0 Å². The van der Waals surface area contributed by atoms with Gasteiger partial charge in [-0.15, -0.1) is 0 Å². The zero-order valence-electron chi connectivity index (χ0n) is 12.8. The van der Waals surface area contributed by atoms with Crippen molar-refractivity contribution in [2.24, 2.45) is 0 Å². The molecule has 0 aliphatic carbocycles. The molecule has 0 atom stereocenters. The summed E-state index contributed by atoms with van der Waals surface area (Å²) in [5.74, 6) is 0.164. The van der Waals surface area contributed by atoms with Crippen LogP contribution in [-0.2, 0) is 11.2 Å². The fourth-order valence-electron chi connectivity index (χ4n) is 1.96. The Morgan fingerprint density at radius 1 is 1.25 bits per heavy atom. The second-order valence-electron chi connectivity index (χ2n) is 5.22. The number of rotatable bonds is 10. The molecule has 1 aromatic heterocycles. The molecule has 0 fully saturated rings. The topological polar surface area (TPSA) is 45.2 Å². The highest BCUT2D eigenvalue weighted by Gasteiger charge is 2.04. The SMILES string of the molecule is CCCCCNC(=O)CCN(C)CCc1ccncc1. The van der Waals surface area contributed by atoms with Gasteiger partial charge in [0.25, 0.3) is 0 Å². The van der Waals surface area contributed by atoms with Crippen LogP contribution in [0.15, 0.2) is 24.5 Å². The van der Waals surface area contributed by atoms with Crippen LogP contribution in [0.4, 0.5) is 0 Å². The van der Waals surface area contributed by atoms with E-state index >= 15 is 0 Å². The molecule has 0 saturated carbocycles. The second-order valence-corrected chi connectivity index (χ2v) is 5.22. The van der Waals surface area contributed by atoms with Gasteiger partial charge in [0.15, 0.2) is 0 Å². The fraction of sp³-hybridized carbons (Fsp3) is 0.625. The van der Waals surface area contributed by atoms with Gasteiger partial charge in [-0.05, 0) is 37.6 Å². The Morgan fingerprint density at radius 2 is 2.00 bits per heavy atom. The van der Waals surface area contributed by atoms with Crippen LogP contribution in [0.5, 0.6) is 0 Å². The van der Waals surface area contributed by atoms with Gasteiger partial charge in [0.05, 0.1) is 0 Å². The van der Waals surface area contributed by atoms with Crippen molar-refractivity contribution in [1.82, 2.24) is 15.2 Å². The van der Waals surface area contributed by atoms with Gasteiger partial charge in [-0.3, -0.25) is 9.78 Å². The lowest BCUT2D eigenvalue weighted by molar-refractivity contribution is -0.121. The molecule has 1 N–H and O–H groups in total. The first-order chi connectivity index (χ1) is 9.72. The molecule has 1 aromatic rings. The Bertz CT molecular complexity index is 367. The van der Waals surface area contributed by atoms with Crippen LogP contribution in [0.3, 0.4) is 0 Å².